The van der Waals surface area contributed by atoms with Crippen molar-refractivity contribution >= 4 is 23.4 Å². The number of para-hydroxylation sites is 1. The first kappa shape index (κ1) is 19.6. The number of aromatic nitrogens is 2. The molecular formula is C19H15F2N3O3S. The maximum absolute atomic E-state index is 13.2. The average Bonchev–Trinajstić information content (AvgIpc) is 2.68. The van der Waals surface area contributed by atoms with Gasteiger partial charge in [0.25, 0.3) is 5.56 Å². The lowest BCUT2D eigenvalue weighted by Crippen LogP contribution is -2.16. The number of carbonyl (C=O) groups is 1. The summed E-state index contributed by atoms with van der Waals surface area (Å²) in [5, 5.41) is 2.69. The fourth-order valence-electron chi connectivity index (χ4n) is 2.20. The van der Waals surface area contributed by atoms with Gasteiger partial charge in [0.05, 0.1) is 11.4 Å². The third-order valence-electron chi connectivity index (χ3n) is 3.45. The Hall–Kier alpha value is -3.20. The third-order valence-corrected chi connectivity index (χ3v) is 4.32. The number of aromatic amines is 1. The maximum atomic E-state index is 13.2. The van der Waals surface area contributed by atoms with Crippen LogP contribution in [-0.4, -0.2) is 21.6 Å². The van der Waals surface area contributed by atoms with Gasteiger partial charge in [-0.2, -0.15) is 0 Å². The summed E-state index contributed by atoms with van der Waals surface area (Å²) in [6.07, 6.45) is 0. The van der Waals surface area contributed by atoms with Crippen molar-refractivity contribution in [2.45, 2.75) is 11.8 Å². The Morgan fingerprint density at radius 3 is 2.64 bits per heavy atom. The van der Waals surface area contributed by atoms with Crippen LogP contribution in [0, 0.1) is 11.6 Å². The fraction of sp³-hybridized carbons (Fsp3) is 0.105. The zero-order valence-corrected chi connectivity index (χ0v) is 15.3. The average molecular weight is 403 g/mol. The number of carbonyl (C=O) groups excluding carboxylic acids is 1. The molecule has 3 rings (SSSR count). The van der Waals surface area contributed by atoms with E-state index in [-0.39, 0.29) is 28.8 Å². The van der Waals surface area contributed by atoms with E-state index in [9.17, 15) is 18.4 Å². The second kappa shape index (κ2) is 9.14. The van der Waals surface area contributed by atoms with E-state index in [0.717, 1.165) is 23.9 Å². The summed E-state index contributed by atoms with van der Waals surface area (Å²) in [4.78, 5) is 30.5. The van der Waals surface area contributed by atoms with Crippen LogP contribution in [0.3, 0.4) is 0 Å². The second-order valence-electron chi connectivity index (χ2n) is 5.61. The SMILES string of the molecule is O=C(CSc1nc(COc2ccccc2)cc(=O)[nH]1)Nc1ccc(F)c(F)c1. The van der Waals surface area contributed by atoms with Crippen LogP contribution in [0.1, 0.15) is 5.69 Å². The van der Waals surface area contributed by atoms with E-state index in [4.69, 9.17) is 4.74 Å². The molecule has 3 aromatic rings. The van der Waals surface area contributed by atoms with Crippen LogP contribution in [-0.2, 0) is 11.4 Å². The Morgan fingerprint density at radius 1 is 1.11 bits per heavy atom. The molecule has 144 valence electrons. The molecule has 0 atom stereocenters. The van der Waals surface area contributed by atoms with Gasteiger partial charge in [-0.15, -0.1) is 0 Å². The first-order chi connectivity index (χ1) is 13.5. The van der Waals surface area contributed by atoms with E-state index in [2.05, 4.69) is 15.3 Å². The number of hydrogen-bond acceptors (Lipinski definition) is 5. The molecule has 0 aliphatic carbocycles. The van der Waals surface area contributed by atoms with Gasteiger partial charge in [-0.3, -0.25) is 9.59 Å². The molecule has 2 aromatic carbocycles. The predicted octanol–water partition coefficient (Wildman–Crippen LogP) is 3.36. The molecule has 6 nitrogen and oxygen atoms in total. The van der Waals surface area contributed by atoms with E-state index in [1.54, 1.807) is 12.1 Å². The van der Waals surface area contributed by atoms with Gasteiger partial charge < -0.3 is 15.0 Å². The molecule has 1 aromatic heterocycles. The molecule has 0 saturated heterocycles. The molecule has 28 heavy (non-hydrogen) atoms. The predicted molar refractivity (Wildman–Crippen MR) is 101 cm³/mol. The summed E-state index contributed by atoms with van der Waals surface area (Å²) < 4.78 is 31.6. The molecule has 1 heterocycles. The zero-order valence-electron chi connectivity index (χ0n) is 14.4. The van der Waals surface area contributed by atoms with Gasteiger partial charge in [0, 0.05) is 17.8 Å². The van der Waals surface area contributed by atoms with Crippen LogP contribution in [0.4, 0.5) is 14.5 Å². The summed E-state index contributed by atoms with van der Waals surface area (Å²) in [5.41, 5.74) is 0.178. The lowest BCUT2D eigenvalue weighted by molar-refractivity contribution is -0.113. The van der Waals surface area contributed by atoms with E-state index in [1.165, 1.54) is 12.1 Å². The lowest BCUT2D eigenvalue weighted by Gasteiger charge is -2.07. The Labute approximate surface area is 163 Å². The Morgan fingerprint density at radius 2 is 1.89 bits per heavy atom. The summed E-state index contributed by atoms with van der Waals surface area (Å²) in [5.74, 6) is -1.94. The Kier molecular flexibility index (Phi) is 6.38. The number of nitrogens with zero attached hydrogens (tertiary/aromatic N) is 1. The normalized spacial score (nSPS) is 10.5. The highest BCUT2D eigenvalue weighted by Gasteiger charge is 2.09. The van der Waals surface area contributed by atoms with Crippen molar-refractivity contribution < 1.29 is 18.3 Å². The fourth-order valence-corrected chi connectivity index (χ4v) is 2.90. The largest absolute Gasteiger partial charge is 0.487 e. The molecule has 0 aliphatic heterocycles. The van der Waals surface area contributed by atoms with Crippen molar-refractivity contribution in [3.05, 3.63) is 82.3 Å². The molecule has 0 fully saturated rings. The van der Waals surface area contributed by atoms with Gasteiger partial charge >= 0.3 is 0 Å². The van der Waals surface area contributed by atoms with Crippen LogP contribution in [0.2, 0.25) is 0 Å². The van der Waals surface area contributed by atoms with Crippen LogP contribution in [0.5, 0.6) is 5.75 Å². The van der Waals surface area contributed by atoms with Crippen molar-refractivity contribution in [1.29, 1.82) is 0 Å². The van der Waals surface area contributed by atoms with Crippen LogP contribution in [0.15, 0.2) is 64.5 Å². The number of anilines is 1. The molecule has 0 bridgehead atoms. The number of thioether (sulfide) groups is 1. The standard InChI is InChI=1S/C19H15F2N3O3S/c20-15-7-6-12(8-16(15)21)22-18(26)11-28-19-23-13(9-17(25)24-19)10-27-14-4-2-1-3-5-14/h1-9H,10-11H2,(H,22,26)(H,23,24,25). The topological polar surface area (TPSA) is 84.1 Å². The van der Waals surface area contributed by atoms with Crippen molar-refractivity contribution in [2.24, 2.45) is 0 Å². The molecule has 0 saturated carbocycles. The van der Waals surface area contributed by atoms with Crippen LogP contribution >= 0.6 is 11.8 Å². The minimum atomic E-state index is -1.05. The van der Waals surface area contributed by atoms with Gasteiger partial charge in [-0.05, 0) is 24.3 Å². The van der Waals surface area contributed by atoms with Crippen LogP contribution < -0.4 is 15.6 Å². The number of ether oxygens (including phenoxy) is 1. The highest BCUT2D eigenvalue weighted by Crippen LogP contribution is 2.16. The number of H-pyrrole nitrogens is 1. The Balaban J connectivity index is 1.57. The summed E-state index contributed by atoms with van der Waals surface area (Å²) in [7, 11) is 0. The van der Waals surface area contributed by atoms with Gasteiger partial charge in [0.2, 0.25) is 5.91 Å². The summed E-state index contributed by atoms with van der Waals surface area (Å²) in [6, 6.07) is 13.5. The summed E-state index contributed by atoms with van der Waals surface area (Å²) >= 11 is 1.00. The number of hydrogen-bond donors (Lipinski definition) is 2. The molecule has 9 heteroatoms. The van der Waals surface area contributed by atoms with Gasteiger partial charge in [0.1, 0.15) is 12.4 Å². The Bertz CT molecular complexity index is 1030. The molecule has 2 N–H and O–H groups in total. The lowest BCUT2D eigenvalue weighted by atomic mass is 10.3. The molecule has 0 radical (unpaired) electrons. The summed E-state index contributed by atoms with van der Waals surface area (Å²) in [6.45, 7) is 0.0997. The van der Waals surface area contributed by atoms with Gasteiger partial charge in [-0.1, -0.05) is 30.0 Å². The number of amides is 1. The number of benzene rings is 2. The van der Waals surface area contributed by atoms with E-state index < -0.39 is 17.5 Å². The molecule has 0 aliphatic rings. The van der Waals surface area contributed by atoms with Gasteiger partial charge in [-0.25, -0.2) is 13.8 Å². The molecule has 0 spiro atoms. The van der Waals surface area contributed by atoms with Gasteiger partial charge in [0.15, 0.2) is 16.8 Å². The third kappa shape index (κ3) is 5.65. The van der Waals surface area contributed by atoms with Crippen LogP contribution in [0.25, 0.3) is 0 Å². The van der Waals surface area contributed by atoms with Crippen molar-refractivity contribution in [3.8, 4) is 5.75 Å². The molecular weight excluding hydrogens is 388 g/mol. The highest BCUT2D eigenvalue weighted by molar-refractivity contribution is 7.99. The van der Waals surface area contributed by atoms with Crippen molar-refractivity contribution in [3.63, 3.8) is 0 Å². The molecule has 1 amide bonds. The molecule has 0 unspecified atom stereocenters. The smallest absolute Gasteiger partial charge is 0.251 e. The van der Waals surface area contributed by atoms with Crippen molar-refractivity contribution in [1.82, 2.24) is 9.97 Å². The van der Waals surface area contributed by atoms with E-state index in [0.29, 0.717) is 11.4 Å². The maximum Gasteiger partial charge on any atom is 0.251 e. The quantitative estimate of drug-likeness (QED) is 0.467. The van der Waals surface area contributed by atoms with E-state index in [1.807, 2.05) is 18.2 Å². The zero-order chi connectivity index (χ0) is 19.9. The minimum absolute atomic E-state index is 0.0784. The minimum Gasteiger partial charge on any atom is -0.487 e. The van der Waals surface area contributed by atoms with E-state index >= 15 is 0 Å². The highest BCUT2D eigenvalue weighted by atomic mass is 32.2. The first-order valence-corrected chi connectivity index (χ1v) is 9.14. The second-order valence-corrected chi connectivity index (χ2v) is 6.57. The number of halogens is 2. The first-order valence-electron chi connectivity index (χ1n) is 8.15. The number of nitrogens with one attached hydrogen (secondary N) is 2. The van der Waals surface area contributed by atoms with Crippen molar-refractivity contribution in [2.75, 3.05) is 11.1 Å². The number of rotatable bonds is 7. The monoisotopic (exact) mass is 403 g/mol.